The summed E-state index contributed by atoms with van der Waals surface area (Å²) in [7, 11) is 0. The molecule has 5 nitrogen and oxygen atoms in total. The predicted octanol–water partition coefficient (Wildman–Crippen LogP) is 4.55. The summed E-state index contributed by atoms with van der Waals surface area (Å²) in [5.74, 6) is -0.0169. The van der Waals surface area contributed by atoms with Crippen LogP contribution in [0.5, 0.6) is 0 Å². The van der Waals surface area contributed by atoms with Crippen molar-refractivity contribution in [2.45, 2.75) is 40.2 Å². The molecular weight excluding hydrogens is 388 g/mol. The van der Waals surface area contributed by atoms with Crippen LogP contribution in [0.1, 0.15) is 59.6 Å². The first-order valence-electron chi connectivity index (χ1n) is 11.2. The third kappa shape index (κ3) is 3.79. The molecule has 1 amide bonds. The maximum absolute atomic E-state index is 13.6. The third-order valence-electron chi connectivity index (χ3n) is 6.38. The van der Waals surface area contributed by atoms with E-state index in [0.717, 1.165) is 37.2 Å². The van der Waals surface area contributed by atoms with Gasteiger partial charge in [0.1, 0.15) is 5.58 Å². The smallest absolute Gasteiger partial charge is 0.290 e. The Bertz CT molecular complexity index is 1160. The molecule has 2 aromatic carbocycles. The second-order valence-corrected chi connectivity index (χ2v) is 8.20. The highest BCUT2D eigenvalue weighted by Crippen LogP contribution is 2.38. The van der Waals surface area contributed by atoms with Crippen molar-refractivity contribution in [3.05, 3.63) is 80.7 Å². The van der Waals surface area contributed by atoms with Crippen LogP contribution in [-0.2, 0) is 6.42 Å². The standard InChI is InChI=1S/C26H30N2O3/c1-5-18-9-11-19(12-10-18)23-22-24(29)20-16-17(4)8-13-21(20)31-25(22)26(30)28(23)15-14-27(6-2)7-3/h8-13,16,23H,5-7,14-15H2,1-4H3. The fourth-order valence-corrected chi connectivity index (χ4v) is 4.44. The van der Waals surface area contributed by atoms with Crippen LogP contribution in [0.4, 0.5) is 0 Å². The summed E-state index contributed by atoms with van der Waals surface area (Å²) in [5.41, 5.74) is 3.99. The lowest BCUT2D eigenvalue weighted by Gasteiger charge is -2.28. The van der Waals surface area contributed by atoms with Crippen LogP contribution in [0.2, 0.25) is 0 Å². The van der Waals surface area contributed by atoms with Crippen molar-refractivity contribution >= 4 is 16.9 Å². The number of carbonyl (C=O) groups is 1. The summed E-state index contributed by atoms with van der Waals surface area (Å²) in [6.07, 6.45) is 0.943. The Kier molecular flexibility index (Phi) is 5.96. The first-order chi connectivity index (χ1) is 15.0. The molecule has 0 N–H and O–H groups in total. The number of nitrogens with zero attached hydrogens (tertiary/aromatic N) is 2. The van der Waals surface area contributed by atoms with Gasteiger partial charge in [0.25, 0.3) is 5.91 Å². The van der Waals surface area contributed by atoms with Gasteiger partial charge < -0.3 is 14.2 Å². The molecule has 0 radical (unpaired) electrons. The number of likely N-dealkylation sites (N-methyl/N-ethyl adjacent to an activating group) is 1. The molecule has 0 saturated carbocycles. The van der Waals surface area contributed by atoms with Crippen molar-refractivity contribution in [3.63, 3.8) is 0 Å². The van der Waals surface area contributed by atoms with Crippen molar-refractivity contribution in [1.82, 2.24) is 9.80 Å². The van der Waals surface area contributed by atoms with Crippen LogP contribution in [0.25, 0.3) is 11.0 Å². The van der Waals surface area contributed by atoms with Crippen molar-refractivity contribution in [2.24, 2.45) is 0 Å². The largest absolute Gasteiger partial charge is 0.450 e. The van der Waals surface area contributed by atoms with E-state index in [0.29, 0.717) is 23.1 Å². The lowest BCUT2D eigenvalue weighted by atomic mass is 9.97. The maximum atomic E-state index is 13.6. The zero-order chi connectivity index (χ0) is 22.1. The maximum Gasteiger partial charge on any atom is 0.290 e. The quantitative estimate of drug-likeness (QED) is 0.565. The number of hydrogen-bond acceptors (Lipinski definition) is 4. The fraction of sp³-hybridized carbons (Fsp3) is 0.385. The van der Waals surface area contributed by atoms with E-state index in [1.165, 1.54) is 5.56 Å². The van der Waals surface area contributed by atoms with Crippen molar-refractivity contribution in [1.29, 1.82) is 0 Å². The molecule has 5 heteroatoms. The Morgan fingerprint density at radius 1 is 1.00 bits per heavy atom. The van der Waals surface area contributed by atoms with Crippen LogP contribution in [0.15, 0.2) is 51.7 Å². The first kappa shape index (κ1) is 21.3. The van der Waals surface area contributed by atoms with Gasteiger partial charge in [-0.2, -0.15) is 0 Å². The highest BCUT2D eigenvalue weighted by molar-refractivity contribution is 5.99. The van der Waals surface area contributed by atoms with Gasteiger partial charge in [-0.05, 0) is 49.7 Å². The molecule has 0 spiro atoms. The van der Waals surface area contributed by atoms with Gasteiger partial charge in [0.15, 0.2) is 5.43 Å². The van der Waals surface area contributed by atoms with Gasteiger partial charge in [-0.3, -0.25) is 9.59 Å². The molecule has 0 aliphatic carbocycles. The van der Waals surface area contributed by atoms with Gasteiger partial charge in [-0.1, -0.05) is 56.7 Å². The zero-order valence-electron chi connectivity index (χ0n) is 18.8. The summed E-state index contributed by atoms with van der Waals surface area (Å²) in [5, 5.41) is 0.535. The van der Waals surface area contributed by atoms with E-state index >= 15 is 0 Å². The number of fused-ring (bicyclic) bond motifs is 2. The minimum atomic E-state index is -0.426. The van der Waals surface area contributed by atoms with Crippen LogP contribution >= 0.6 is 0 Å². The van der Waals surface area contributed by atoms with Crippen molar-refractivity contribution in [2.75, 3.05) is 26.2 Å². The SMILES string of the molecule is CCc1ccc(C2c3c(oc4ccc(C)cc4c3=O)C(=O)N2CCN(CC)CC)cc1. The van der Waals surface area contributed by atoms with Crippen molar-refractivity contribution < 1.29 is 9.21 Å². The third-order valence-corrected chi connectivity index (χ3v) is 6.38. The minimum Gasteiger partial charge on any atom is -0.450 e. The average Bonchev–Trinajstić information content (AvgIpc) is 3.07. The fourth-order valence-electron chi connectivity index (χ4n) is 4.44. The highest BCUT2D eigenvalue weighted by Gasteiger charge is 2.42. The zero-order valence-corrected chi connectivity index (χ0v) is 18.8. The van der Waals surface area contributed by atoms with E-state index < -0.39 is 6.04 Å². The summed E-state index contributed by atoms with van der Waals surface area (Å²) in [6, 6.07) is 13.3. The van der Waals surface area contributed by atoms with Gasteiger partial charge in [0.05, 0.1) is 17.0 Å². The van der Waals surface area contributed by atoms with Gasteiger partial charge in [-0.15, -0.1) is 0 Å². The lowest BCUT2D eigenvalue weighted by molar-refractivity contribution is 0.0708. The minimum absolute atomic E-state index is 0.108. The van der Waals surface area contributed by atoms with Crippen LogP contribution in [0.3, 0.4) is 0 Å². The normalized spacial score (nSPS) is 15.8. The van der Waals surface area contributed by atoms with E-state index in [4.69, 9.17) is 4.42 Å². The van der Waals surface area contributed by atoms with E-state index in [1.807, 2.05) is 31.2 Å². The molecule has 0 bridgehead atoms. The molecule has 162 valence electrons. The number of amides is 1. The summed E-state index contributed by atoms with van der Waals surface area (Å²) < 4.78 is 6.03. The molecule has 1 aliphatic heterocycles. The molecule has 1 unspecified atom stereocenters. The Morgan fingerprint density at radius 3 is 2.35 bits per heavy atom. The molecule has 31 heavy (non-hydrogen) atoms. The number of rotatable bonds is 7. The van der Waals surface area contributed by atoms with Crippen molar-refractivity contribution in [3.8, 4) is 0 Å². The molecule has 1 aromatic heterocycles. The molecule has 1 aliphatic rings. The van der Waals surface area contributed by atoms with Gasteiger partial charge >= 0.3 is 0 Å². The molecule has 0 fully saturated rings. The second kappa shape index (κ2) is 8.67. The Balaban J connectivity index is 1.86. The van der Waals surface area contributed by atoms with Crippen LogP contribution < -0.4 is 5.43 Å². The first-order valence-corrected chi connectivity index (χ1v) is 11.2. The highest BCUT2D eigenvalue weighted by atomic mass is 16.3. The number of aryl methyl sites for hydroxylation is 2. The number of benzene rings is 2. The van der Waals surface area contributed by atoms with Crippen LogP contribution in [-0.4, -0.2) is 41.9 Å². The van der Waals surface area contributed by atoms with Gasteiger partial charge in [0, 0.05) is 13.1 Å². The molecule has 1 atom stereocenters. The van der Waals surface area contributed by atoms with E-state index in [1.54, 1.807) is 11.0 Å². The monoisotopic (exact) mass is 418 g/mol. The average molecular weight is 419 g/mol. The molecule has 0 saturated heterocycles. The predicted molar refractivity (Wildman–Crippen MR) is 124 cm³/mol. The van der Waals surface area contributed by atoms with Crippen LogP contribution in [0, 0.1) is 6.92 Å². The summed E-state index contributed by atoms with van der Waals surface area (Å²) >= 11 is 0. The van der Waals surface area contributed by atoms with E-state index in [-0.39, 0.29) is 17.1 Å². The molecular formula is C26H30N2O3. The van der Waals surface area contributed by atoms with E-state index in [9.17, 15) is 9.59 Å². The second-order valence-electron chi connectivity index (χ2n) is 8.20. The van der Waals surface area contributed by atoms with E-state index in [2.05, 4.69) is 37.8 Å². The topological polar surface area (TPSA) is 53.8 Å². The molecule has 3 aromatic rings. The van der Waals surface area contributed by atoms with Gasteiger partial charge in [0.2, 0.25) is 5.76 Å². The Morgan fingerprint density at radius 2 is 1.71 bits per heavy atom. The molecule has 4 rings (SSSR count). The lowest BCUT2D eigenvalue weighted by Crippen LogP contribution is -2.37. The summed E-state index contributed by atoms with van der Waals surface area (Å²) in [6.45, 7) is 11.4. The number of hydrogen-bond donors (Lipinski definition) is 0. The molecule has 2 heterocycles. The number of carbonyl (C=O) groups excluding carboxylic acids is 1. The van der Waals surface area contributed by atoms with Gasteiger partial charge in [-0.25, -0.2) is 0 Å². The Hall–Kier alpha value is -2.92. The Labute approximate surface area is 183 Å². The summed E-state index contributed by atoms with van der Waals surface area (Å²) in [4.78, 5) is 31.1.